The van der Waals surface area contributed by atoms with Crippen LogP contribution >= 0.6 is 23.8 Å². The Kier molecular flexibility index (Phi) is 3.99. The summed E-state index contributed by atoms with van der Waals surface area (Å²) in [6, 6.07) is -0.158. The van der Waals surface area contributed by atoms with Crippen molar-refractivity contribution in [3.63, 3.8) is 0 Å². The largest absolute Gasteiger partial charge is 0.349 e. The number of nitrogens with zero attached hydrogens (tertiary/aromatic N) is 1. The highest BCUT2D eigenvalue weighted by Crippen LogP contribution is 2.64. The van der Waals surface area contributed by atoms with Crippen LogP contribution in [0.5, 0.6) is 0 Å². The Balaban J connectivity index is 2.13. The SMILES string of the molecule is C=CC1(C)C(Cl)CC2C(=O)C1(N=C=S)C1=CC=CC3NC(=O)C(C13)C2(C)C. The number of rotatable bonds is 2. The number of allylic oxidation sites excluding steroid dienone is 2. The van der Waals surface area contributed by atoms with E-state index >= 15 is 0 Å². The van der Waals surface area contributed by atoms with Gasteiger partial charge in [-0.15, -0.1) is 18.2 Å². The Morgan fingerprint density at radius 1 is 1.41 bits per heavy atom. The van der Waals surface area contributed by atoms with Crippen molar-refractivity contribution in [1.29, 1.82) is 0 Å². The molecule has 1 heterocycles. The van der Waals surface area contributed by atoms with E-state index in [4.69, 9.17) is 23.8 Å². The van der Waals surface area contributed by atoms with Crippen LogP contribution in [0, 0.1) is 28.6 Å². The maximum atomic E-state index is 14.0. The molecule has 1 aliphatic heterocycles. The molecule has 1 saturated heterocycles. The third kappa shape index (κ3) is 2.00. The molecule has 4 nitrogen and oxygen atoms in total. The van der Waals surface area contributed by atoms with E-state index in [2.05, 4.69) is 22.0 Å². The molecule has 7 atom stereocenters. The van der Waals surface area contributed by atoms with Crippen molar-refractivity contribution in [1.82, 2.24) is 5.32 Å². The van der Waals surface area contributed by atoms with Gasteiger partial charge in [0, 0.05) is 22.6 Å². The number of nitrogens with one attached hydrogen (secondary N) is 1. The molecular formula is C21H23ClN2O2S. The molecule has 0 aromatic carbocycles. The summed E-state index contributed by atoms with van der Waals surface area (Å²) in [5.41, 5.74) is -1.85. The number of halogens is 1. The number of Topliss-reactive ketones (excluding diaryl/α,β-unsaturated/α-hetero) is 1. The number of amides is 1. The van der Waals surface area contributed by atoms with Gasteiger partial charge in [-0.05, 0) is 29.6 Å². The zero-order valence-electron chi connectivity index (χ0n) is 15.7. The van der Waals surface area contributed by atoms with Crippen LogP contribution in [0.25, 0.3) is 0 Å². The summed E-state index contributed by atoms with van der Waals surface area (Å²) in [5.74, 6) is -0.931. The highest BCUT2D eigenvalue weighted by molar-refractivity contribution is 7.78. The number of ketones is 1. The number of hydrogen-bond acceptors (Lipinski definition) is 4. The van der Waals surface area contributed by atoms with Crippen molar-refractivity contribution in [2.45, 2.75) is 44.1 Å². The van der Waals surface area contributed by atoms with Crippen LogP contribution in [0.15, 0.2) is 41.4 Å². The van der Waals surface area contributed by atoms with E-state index in [1.807, 2.05) is 39.0 Å². The second-order valence-electron chi connectivity index (χ2n) is 8.89. The first-order chi connectivity index (χ1) is 12.7. The minimum absolute atomic E-state index is 0.0132. The molecule has 1 N–H and O–H groups in total. The number of aliphatic imine (C=N–C) groups is 1. The lowest BCUT2D eigenvalue weighted by molar-refractivity contribution is -0.139. The minimum Gasteiger partial charge on any atom is -0.349 e. The lowest BCUT2D eigenvalue weighted by atomic mass is 9.53. The predicted octanol–water partition coefficient (Wildman–Crippen LogP) is 3.48. The minimum atomic E-state index is -1.28. The molecule has 0 radical (unpaired) electrons. The number of carbonyl (C=O) groups is 2. The normalized spacial score (nSPS) is 46.5. The first-order valence-corrected chi connectivity index (χ1v) is 10.1. The number of fused-ring (bicyclic) bond motifs is 3. The number of thiocarbonyl (C=S) groups is 1. The van der Waals surface area contributed by atoms with Gasteiger partial charge in [-0.3, -0.25) is 9.59 Å². The third-order valence-corrected chi connectivity index (χ3v) is 8.31. The highest BCUT2D eigenvalue weighted by Gasteiger charge is 2.72. The standard InChI is InChI=1S/C21H23ClN2O2S/c1-5-20(4)14(22)9-12-17(25)21(20,23-10-27)11-7-6-8-13-15(11)16(18(26)24-13)19(12,2)3/h5-8,12-16H,1,9H2,2-4H3,(H,24,26). The predicted molar refractivity (Wildman–Crippen MR) is 109 cm³/mol. The summed E-state index contributed by atoms with van der Waals surface area (Å²) in [5, 5.41) is 5.23. The molecule has 6 heteroatoms. The average Bonchev–Trinajstić information content (AvgIpc) is 2.95. The Morgan fingerprint density at radius 2 is 2.11 bits per heavy atom. The van der Waals surface area contributed by atoms with Crippen LogP contribution < -0.4 is 5.32 Å². The van der Waals surface area contributed by atoms with Crippen LogP contribution in [0.2, 0.25) is 0 Å². The van der Waals surface area contributed by atoms with Crippen molar-refractivity contribution in [2.75, 3.05) is 0 Å². The van der Waals surface area contributed by atoms with Gasteiger partial charge in [-0.1, -0.05) is 45.1 Å². The Bertz CT molecular complexity index is 871. The van der Waals surface area contributed by atoms with Gasteiger partial charge in [-0.25, -0.2) is 4.99 Å². The maximum absolute atomic E-state index is 14.0. The fourth-order valence-corrected chi connectivity index (χ4v) is 6.57. The monoisotopic (exact) mass is 402 g/mol. The van der Waals surface area contributed by atoms with Gasteiger partial charge >= 0.3 is 0 Å². The first kappa shape index (κ1) is 18.8. The van der Waals surface area contributed by atoms with E-state index in [0.29, 0.717) is 6.42 Å². The van der Waals surface area contributed by atoms with E-state index in [1.165, 1.54) is 0 Å². The summed E-state index contributed by atoms with van der Waals surface area (Å²) in [6.45, 7) is 9.95. The average molecular weight is 403 g/mol. The second-order valence-corrected chi connectivity index (χ2v) is 9.60. The summed E-state index contributed by atoms with van der Waals surface area (Å²) >= 11 is 11.9. The van der Waals surface area contributed by atoms with Gasteiger partial charge in [0.1, 0.15) is 0 Å². The molecule has 27 heavy (non-hydrogen) atoms. The number of isothiocyanates is 1. The number of hydrogen-bond donors (Lipinski definition) is 1. The number of carbonyl (C=O) groups excluding carboxylic acids is 2. The second kappa shape index (κ2) is 5.73. The maximum Gasteiger partial charge on any atom is 0.224 e. The van der Waals surface area contributed by atoms with E-state index < -0.39 is 22.3 Å². The summed E-state index contributed by atoms with van der Waals surface area (Å²) in [7, 11) is 0. The van der Waals surface area contributed by atoms with Gasteiger partial charge in [0.15, 0.2) is 11.3 Å². The van der Waals surface area contributed by atoms with Gasteiger partial charge in [0.25, 0.3) is 0 Å². The molecule has 3 fully saturated rings. The fourth-order valence-electron chi connectivity index (χ4n) is 6.01. The molecule has 4 rings (SSSR count). The van der Waals surface area contributed by atoms with Crippen LogP contribution in [0.3, 0.4) is 0 Å². The molecule has 0 spiro atoms. The highest BCUT2D eigenvalue weighted by atomic mass is 35.5. The van der Waals surface area contributed by atoms with Crippen molar-refractivity contribution in [3.8, 4) is 0 Å². The molecule has 4 aliphatic rings. The van der Waals surface area contributed by atoms with Crippen molar-refractivity contribution in [2.24, 2.45) is 33.6 Å². The molecule has 7 unspecified atom stereocenters. The van der Waals surface area contributed by atoms with Gasteiger partial charge < -0.3 is 5.32 Å². The first-order valence-electron chi connectivity index (χ1n) is 9.27. The Labute approximate surface area is 169 Å². The topological polar surface area (TPSA) is 58.5 Å². The van der Waals surface area contributed by atoms with Gasteiger partial charge in [0.2, 0.25) is 5.91 Å². The molecular weight excluding hydrogens is 380 g/mol. The van der Waals surface area contributed by atoms with E-state index in [9.17, 15) is 9.59 Å². The zero-order valence-corrected chi connectivity index (χ0v) is 17.2. The third-order valence-electron chi connectivity index (χ3n) is 7.59. The lowest BCUT2D eigenvalue weighted by Gasteiger charge is -2.53. The molecule has 2 bridgehead atoms. The summed E-state index contributed by atoms with van der Waals surface area (Å²) in [6.07, 6.45) is 8.02. The molecule has 2 saturated carbocycles. The number of alkyl halides is 1. The molecule has 1 amide bonds. The van der Waals surface area contributed by atoms with Gasteiger partial charge in [-0.2, -0.15) is 0 Å². The van der Waals surface area contributed by atoms with E-state index in [1.54, 1.807) is 6.08 Å². The van der Waals surface area contributed by atoms with Crippen molar-refractivity contribution in [3.05, 3.63) is 36.5 Å². The molecule has 3 aliphatic carbocycles. The lowest BCUT2D eigenvalue weighted by Crippen LogP contribution is -2.63. The smallest absolute Gasteiger partial charge is 0.224 e. The molecule has 142 valence electrons. The quantitative estimate of drug-likeness (QED) is 0.333. The molecule has 0 aromatic rings. The van der Waals surface area contributed by atoms with Crippen molar-refractivity contribution < 1.29 is 9.59 Å². The molecule has 0 aromatic heterocycles. The van der Waals surface area contributed by atoms with Gasteiger partial charge in [0.05, 0.1) is 17.1 Å². The van der Waals surface area contributed by atoms with Crippen LogP contribution in [-0.2, 0) is 9.59 Å². The zero-order chi connectivity index (χ0) is 19.8. The van der Waals surface area contributed by atoms with Crippen molar-refractivity contribution >= 4 is 40.7 Å². The van der Waals surface area contributed by atoms with E-state index in [0.717, 1.165) is 5.57 Å². The summed E-state index contributed by atoms with van der Waals surface area (Å²) in [4.78, 5) is 31.6. The van der Waals surface area contributed by atoms with Crippen LogP contribution in [-0.4, -0.2) is 33.8 Å². The van der Waals surface area contributed by atoms with E-state index in [-0.39, 0.29) is 34.9 Å². The Morgan fingerprint density at radius 3 is 2.74 bits per heavy atom. The fraction of sp³-hybridized carbons (Fsp3) is 0.571. The Hall–Kier alpha value is -1.55. The van der Waals surface area contributed by atoms with Crippen LogP contribution in [0.4, 0.5) is 0 Å². The van der Waals surface area contributed by atoms with Crippen LogP contribution in [0.1, 0.15) is 27.2 Å². The summed E-state index contributed by atoms with van der Waals surface area (Å²) < 4.78 is 0.